The second kappa shape index (κ2) is 4.30. The van der Waals surface area contributed by atoms with Gasteiger partial charge in [-0.25, -0.2) is 4.79 Å². The Morgan fingerprint density at radius 2 is 2.17 bits per heavy atom. The topological polar surface area (TPSA) is 44.4 Å². The lowest BCUT2D eigenvalue weighted by molar-refractivity contribution is 0.191. The van der Waals surface area contributed by atoms with Crippen LogP contribution in [0.4, 0.5) is 4.79 Å². The third-order valence-electron chi connectivity index (χ3n) is 2.10. The predicted molar refractivity (Wildman–Crippen MR) is 48.1 cm³/mol. The number of nitrogens with zero attached hydrogens (tertiary/aromatic N) is 1. The number of fused-ring (bicyclic) bond motifs is 1. The van der Waals surface area contributed by atoms with E-state index in [0.29, 0.717) is 6.04 Å². The maximum atomic E-state index is 11.0. The molecule has 2 heterocycles. The first-order valence-corrected chi connectivity index (χ1v) is 4.63. The number of amides is 2. The van der Waals surface area contributed by atoms with E-state index in [2.05, 4.69) is 10.6 Å². The Balaban J connectivity index is 0.000000336. The van der Waals surface area contributed by atoms with Gasteiger partial charge >= 0.3 is 6.03 Å². The molecule has 0 saturated carbocycles. The number of urea groups is 1. The lowest BCUT2D eigenvalue weighted by Crippen LogP contribution is -2.49. The van der Waals surface area contributed by atoms with Gasteiger partial charge in [0.05, 0.1) is 6.04 Å². The molecule has 2 amide bonds. The standard InChI is InChI=1S/C6H11N3O.C2H6/c10-6-8-4-5-3-7-1-2-9(5)6;1-2/h5,7H,1-4H2,(H,8,10);1-2H3. The summed E-state index contributed by atoms with van der Waals surface area (Å²) in [4.78, 5) is 12.9. The molecule has 0 spiro atoms. The van der Waals surface area contributed by atoms with E-state index in [1.54, 1.807) is 0 Å². The number of nitrogens with one attached hydrogen (secondary N) is 2. The summed E-state index contributed by atoms with van der Waals surface area (Å²) in [5.41, 5.74) is 0. The van der Waals surface area contributed by atoms with Crippen LogP contribution in [-0.2, 0) is 0 Å². The minimum absolute atomic E-state index is 0.103. The van der Waals surface area contributed by atoms with Gasteiger partial charge in [-0.1, -0.05) is 13.8 Å². The van der Waals surface area contributed by atoms with Gasteiger partial charge in [-0.3, -0.25) is 0 Å². The maximum absolute atomic E-state index is 11.0. The Labute approximate surface area is 73.3 Å². The van der Waals surface area contributed by atoms with Crippen LogP contribution in [0.3, 0.4) is 0 Å². The zero-order valence-electron chi connectivity index (χ0n) is 7.76. The Hall–Kier alpha value is -0.770. The normalized spacial score (nSPS) is 27.0. The number of hydrogen-bond acceptors (Lipinski definition) is 2. The molecule has 0 radical (unpaired) electrons. The van der Waals surface area contributed by atoms with Crippen LogP contribution in [-0.4, -0.2) is 43.2 Å². The maximum Gasteiger partial charge on any atom is 0.317 e. The third-order valence-corrected chi connectivity index (χ3v) is 2.10. The Kier molecular flexibility index (Phi) is 3.34. The average molecular weight is 171 g/mol. The summed E-state index contributed by atoms with van der Waals surface area (Å²) in [5, 5.41) is 6.05. The molecule has 4 nitrogen and oxygen atoms in total. The molecule has 2 aliphatic heterocycles. The minimum Gasteiger partial charge on any atom is -0.336 e. The van der Waals surface area contributed by atoms with Gasteiger partial charge in [0.1, 0.15) is 0 Å². The van der Waals surface area contributed by atoms with Gasteiger partial charge in [-0.2, -0.15) is 0 Å². The van der Waals surface area contributed by atoms with Gasteiger partial charge < -0.3 is 15.5 Å². The van der Waals surface area contributed by atoms with Crippen LogP contribution in [0.25, 0.3) is 0 Å². The highest BCUT2D eigenvalue weighted by Crippen LogP contribution is 2.07. The number of rotatable bonds is 0. The molecular weight excluding hydrogens is 154 g/mol. The highest BCUT2D eigenvalue weighted by atomic mass is 16.2. The second-order valence-electron chi connectivity index (χ2n) is 2.74. The van der Waals surface area contributed by atoms with Crippen molar-refractivity contribution in [3.05, 3.63) is 0 Å². The predicted octanol–water partition coefficient (Wildman–Crippen LogP) is 0.00960. The number of piperazine rings is 1. The largest absolute Gasteiger partial charge is 0.336 e. The molecule has 0 bridgehead atoms. The first-order valence-electron chi connectivity index (χ1n) is 4.63. The first-order chi connectivity index (χ1) is 5.88. The van der Waals surface area contributed by atoms with Crippen LogP contribution in [0, 0.1) is 0 Å². The van der Waals surface area contributed by atoms with Crippen molar-refractivity contribution >= 4 is 6.03 Å². The highest BCUT2D eigenvalue weighted by molar-refractivity contribution is 5.77. The van der Waals surface area contributed by atoms with Gasteiger partial charge in [0, 0.05) is 26.2 Å². The zero-order chi connectivity index (χ0) is 8.97. The molecule has 1 unspecified atom stereocenters. The molecule has 12 heavy (non-hydrogen) atoms. The van der Waals surface area contributed by atoms with Gasteiger partial charge in [-0.15, -0.1) is 0 Å². The quantitative estimate of drug-likeness (QED) is 0.539. The molecule has 0 aromatic carbocycles. The molecule has 70 valence electrons. The van der Waals surface area contributed by atoms with Crippen molar-refractivity contribution < 1.29 is 4.79 Å². The van der Waals surface area contributed by atoms with E-state index >= 15 is 0 Å². The van der Waals surface area contributed by atoms with Crippen molar-refractivity contribution in [2.45, 2.75) is 19.9 Å². The number of hydrogen-bond donors (Lipinski definition) is 2. The van der Waals surface area contributed by atoms with Crippen molar-refractivity contribution in [1.82, 2.24) is 15.5 Å². The molecule has 2 saturated heterocycles. The monoisotopic (exact) mass is 171 g/mol. The molecule has 0 aromatic rings. The van der Waals surface area contributed by atoms with E-state index in [1.807, 2.05) is 18.7 Å². The lowest BCUT2D eigenvalue weighted by atomic mass is 10.2. The third kappa shape index (κ3) is 1.69. The number of carbonyl (C=O) groups excluding carboxylic acids is 1. The fourth-order valence-electron chi connectivity index (χ4n) is 1.52. The van der Waals surface area contributed by atoms with Crippen LogP contribution in [0.5, 0.6) is 0 Å². The van der Waals surface area contributed by atoms with Crippen molar-refractivity contribution in [1.29, 1.82) is 0 Å². The van der Waals surface area contributed by atoms with Gasteiger partial charge in [-0.05, 0) is 0 Å². The SMILES string of the molecule is CC.O=C1NCC2CNCCN12. The fourth-order valence-corrected chi connectivity index (χ4v) is 1.52. The van der Waals surface area contributed by atoms with Crippen molar-refractivity contribution in [2.24, 2.45) is 0 Å². The fraction of sp³-hybridized carbons (Fsp3) is 0.875. The average Bonchev–Trinajstić information content (AvgIpc) is 2.53. The Morgan fingerprint density at radius 1 is 1.42 bits per heavy atom. The lowest BCUT2D eigenvalue weighted by Gasteiger charge is -2.28. The van der Waals surface area contributed by atoms with E-state index in [1.165, 1.54) is 0 Å². The summed E-state index contributed by atoms with van der Waals surface area (Å²) in [7, 11) is 0. The first kappa shape index (κ1) is 9.32. The summed E-state index contributed by atoms with van der Waals surface area (Å²) < 4.78 is 0. The smallest absolute Gasteiger partial charge is 0.317 e. The second-order valence-corrected chi connectivity index (χ2v) is 2.74. The van der Waals surface area contributed by atoms with Crippen LogP contribution >= 0.6 is 0 Å². The Bertz CT molecular complexity index is 160. The molecule has 0 aromatic heterocycles. The van der Waals surface area contributed by atoms with Crippen LogP contribution in [0.15, 0.2) is 0 Å². The van der Waals surface area contributed by atoms with E-state index in [0.717, 1.165) is 26.2 Å². The summed E-state index contributed by atoms with van der Waals surface area (Å²) >= 11 is 0. The summed E-state index contributed by atoms with van der Waals surface area (Å²) in [6, 6.07) is 0.507. The van der Waals surface area contributed by atoms with Crippen molar-refractivity contribution in [2.75, 3.05) is 26.2 Å². The molecule has 1 atom stereocenters. The molecular formula is C8H17N3O. The van der Waals surface area contributed by atoms with Crippen LogP contribution in [0.1, 0.15) is 13.8 Å². The van der Waals surface area contributed by atoms with Gasteiger partial charge in [0.15, 0.2) is 0 Å². The summed E-state index contributed by atoms with van der Waals surface area (Å²) in [6.07, 6.45) is 0. The van der Waals surface area contributed by atoms with Crippen LogP contribution in [0.2, 0.25) is 0 Å². The van der Waals surface area contributed by atoms with E-state index in [9.17, 15) is 4.79 Å². The summed E-state index contributed by atoms with van der Waals surface area (Å²) in [5.74, 6) is 0. The minimum atomic E-state index is 0.103. The molecule has 2 aliphatic rings. The number of carbonyl (C=O) groups is 1. The highest BCUT2D eigenvalue weighted by Gasteiger charge is 2.31. The van der Waals surface area contributed by atoms with E-state index < -0.39 is 0 Å². The Morgan fingerprint density at radius 3 is 2.83 bits per heavy atom. The molecule has 4 heteroatoms. The molecule has 2 rings (SSSR count). The molecule has 0 aliphatic carbocycles. The zero-order valence-corrected chi connectivity index (χ0v) is 7.76. The molecule has 2 fully saturated rings. The van der Waals surface area contributed by atoms with Crippen LogP contribution < -0.4 is 10.6 Å². The van der Waals surface area contributed by atoms with E-state index in [-0.39, 0.29) is 6.03 Å². The van der Waals surface area contributed by atoms with Gasteiger partial charge in [0.2, 0.25) is 0 Å². The van der Waals surface area contributed by atoms with E-state index in [4.69, 9.17) is 0 Å². The van der Waals surface area contributed by atoms with Crippen molar-refractivity contribution in [3.63, 3.8) is 0 Å². The molecule has 2 N–H and O–H groups in total. The van der Waals surface area contributed by atoms with Crippen molar-refractivity contribution in [3.8, 4) is 0 Å². The summed E-state index contributed by atoms with van der Waals surface area (Å²) in [6.45, 7) is 7.55. The van der Waals surface area contributed by atoms with Gasteiger partial charge in [0.25, 0.3) is 0 Å².